The van der Waals surface area contributed by atoms with Crippen LogP contribution in [0.5, 0.6) is 0 Å². The number of anilines is 1. The van der Waals surface area contributed by atoms with Crippen LogP contribution in [0, 0.1) is 20.2 Å². The summed E-state index contributed by atoms with van der Waals surface area (Å²) >= 11 is 3.10. The van der Waals surface area contributed by atoms with Crippen LogP contribution >= 0.6 is 15.9 Å². The Morgan fingerprint density at radius 2 is 1.76 bits per heavy atom. The fourth-order valence-electron chi connectivity index (χ4n) is 1.65. The first kappa shape index (κ1) is 14.9. The highest BCUT2D eigenvalue weighted by molar-refractivity contribution is 9.10. The molecule has 0 atom stereocenters. The molecule has 108 valence electrons. The summed E-state index contributed by atoms with van der Waals surface area (Å²) in [5.74, 6) is 0.132. The number of halogens is 1. The predicted octanol–water partition coefficient (Wildman–Crippen LogP) is 3.27. The molecule has 2 rings (SSSR count). The van der Waals surface area contributed by atoms with Crippen LogP contribution in [0.25, 0.3) is 0 Å². The lowest BCUT2D eigenvalue weighted by Gasteiger charge is -2.07. The minimum Gasteiger partial charge on any atom is -0.360 e. The van der Waals surface area contributed by atoms with Crippen LogP contribution in [0.2, 0.25) is 0 Å². The van der Waals surface area contributed by atoms with Crippen LogP contribution < -0.4 is 5.32 Å². The molecule has 0 aliphatic heterocycles. The van der Waals surface area contributed by atoms with Gasteiger partial charge in [-0.2, -0.15) is 0 Å². The van der Waals surface area contributed by atoms with E-state index < -0.39 is 9.85 Å². The van der Waals surface area contributed by atoms with Gasteiger partial charge in [-0.3, -0.25) is 20.2 Å². The van der Waals surface area contributed by atoms with E-state index in [4.69, 9.17) is 0 Å². The fraction of sp³-hybridized carbons (Fsp3) is 0.0833. The fourth-order valence-corrected chi connectivity index (χ4v) is 2.11. The Balaban J connectivity index is 2.15. The highest BCUT2D eigenvalue weighted by Gasteiger charge is 2.19. The number of nitrogens with zero attached hydrogens (tertiary/aromatic N) is 3. The molecular weight excluding hydrogens is 344 g/mol. The van der Waals surface area contributed by atoms with Gasteiger partial charge in [-0.15, -0.1) is 0 Å². The standard InChI is InChI=1S/C12H9BrN4O4/c13-10-5-6-14-12(11(10)17(20)21)15-7-8-1-3-9(4-2-8)16(18)19/h1-6H,7H2,(H,14,15). The quantitative estimate of drug-likeness (QED) is 0.652. The molecule has 0 fully saturated rings. The summed E-state index contributed by atoms with van der Waals surface area (Å²) in [6, 6.07) is 7.39. The number of pyridine rings is 1. The molecule has 8 nitrogen and oxygen atoms in total. The van der Waals surface area contributed by atoms with Crippen molar-refractivity contribution >= 4 is 33.1 Å². The second-order valence-corrected chi connectivity index (χ2v) is 4.88. The second kappa shape index (κ2) is 6.27. The Labute approximate surface area is 127 Å². The first-order valence-electron chi connectivity index (χ1n) is 5.75. The predicted molar refractivity (Wildman–Crippen MR) is 79.0 cm³/mol. The van der Waals surface area contributed by atoms with Crippen molar-refractivity contribution in [3.8, 4) is 0 Å². The van der Waals surface area contributed by atoms with E-state index in [1.807, 2.05) is 0 Å². The van der Waals surface area contributed by atoms with E-state index in [0.29, 0.717) is 4.47 Å². The molecule has 1 N–H and O–H groups in total. The van der Waals surface area contributed by atoms with Crippen molar-refractivity contribution in [2.45, 2.75) is 6.54 Å². The van der Waals surface area contributed by atoms with E-state index in [0.717, 1.165) is 5.56 Å². The first-order valence-corrected chi connectivity index (χ1v) is 6.54. The van der Waals surface area contributed by atoms with Gasteiger partial charge in [0.05, 0.1) is 9.85 Å². The highest BCUT2D eigenvalue weighted by atomic mass is 79.9. The van der Waals surface area contributed by atoms with E-state index >= 15 is 0 Å². The molecule has 0 aliphatic carbocycles. The Bertz CT molecular complexity index is 690. The van der Waals surface area contributed by atoms with Gasteiger partial charge < -0.3 is 5.32 Å². The van der Waals surface area contributed by atoms with Crippen molar-refractivity contribution in [1.82, 2.24) is 4.98 Å². The molecule has 9 heteroatoms. The number of rotatable bonds is 5. The third kappa shape index (κ3) is 3.51. The molecule has 0 bridgehead atoms. The molecule has 0 spiro atoms. The number of nitro benzene ring substituents is 1. The van der Waals surface area contributed by atoms with Crippen molar-refractivity contribution in [1.29, 1.82) is 0 Å². The Morgan fingerprint density at radius 1 is 1.10 bits per heavy atom. The minimum absolute atomic E-state index is 0.00897. The molecule has 1 aromatic carbocycles. The third-order valence-corrected chi connectivity index (χ3v) is 3.30. The summed E-state index contributed by atoms with van der Waals surface area (Å²) in [5, 5.41) is 24.4. The monoisotopic (exact) mass is 352 g/mol. The molecule has 1 heterocycles. The number of non-ortho nitro benzene ring substituents is 1. The van der Waals surface area contributed by atoms with Crippen LogP contribution in [0.4, 0.5) is 17.2 Å². The van der Waals surface area contributed by atoms with Crippen LogP contribution in [0.15, 0.2) is 41.0 Å². The summed E-state index contributed by atoms with van der Waals surface area (Å²) in [5.41, 5.74) is 0.585. The van der Waals surface area contributed by atoms with Gasteiger partial charge in [-0.25, -0.2) is 4.98 Å². The lowest BCUT2D eigenvalue weighted by molar-refractivity contribution is -0.385. The highest BCUT2D eigenvalue weighted by Crippen LogP contribution is 2.30. The molecule has 0 saturated carbocycles. The summed E-state index contributed by atoms with van der Waals surface area (Å²) in [6.45, 7) is 0.266. The smallest absolute Gasteiger partial charge is 0.325 e. The summed E-state index contributed by atoms with van der Waals surface area (Å²) in [6.07, 6.45) is 1.44. The van der Waals surface area contributed by atoms with Crippen molar-refractivity contribution in [3.63, 3.8) is 0 Å². The zero-order chi connectivity index (χ0) is 15.4. The lowest BCUT2D eigenvalue weighted by atomic mass is 10.2. The van der Waals surface area contributed by atoms with Crippen LogP contribution in [0.3, 0.4) is 0 Å². The van der Waals surface area contributed by atoms with E-state index in [1.165, 1.54) is 24.4 Å². The van der Waals surface area contributed by atoms with Crippen LogP contribution in [-0.2, 0) is 6.54 Å². The average molecular weight is 353 g/mol. The van der Waals surface area contributed by atoms with Gasteiger partial charge in [0.25, 0.3) is 5.69 Å². The molecule has 21 heavy (non-hydrogen) atoms. The van der Waals surface area contributed by atoms with Crippen LogP contribution in [0.1, 0.15) is 5.56 Å². The lowest BCUT2D eigenvalue weighted by Crippen LogP contribution is -2.05. The maximum absolute atomic E-state index is 11.0. The van der Waals surface area contributed by atoms with Gasteiger partial charge in [0.2, 0.25) is 5.82 Å². The molecule has 0 unspecified atom stereocenters. The third-order valence-electron chi connectivity index (χ3n) is 2.66. The van der Waals surface area contributed by atoms with Crippen LogP contribution in [-0.4, -0.2) is 14.8 Å². The molecule has 2 aromatic rings. The van der Waals surface area contributed by atoms with E-state index in [1.54, 1.807) is 12.1 Å². The zero-order valence-electron chi connectivity index (χ0n) is 10.5. The van der Waals surface area contributed by atoms with Gasteiger partial charge in [0, 0.05) is 24.9 Å². The van der Waals surface area contributed by atoms with Crippen molar-refractivity contribution in [2.24, 2.45) is 0 Å². The zero-order valence-corrected chi connectivity index (χ0v) is 12.1. The molecule has 0 aliphatic rings. The van der Waals surface area contributed by atoms with E-state index in [2.05, 4.69) is 26.2 Å². The number of hydrogen-bond donors (Lipinski definition) is 1. The maximum Gasteiger partial charge on any atom is 0.325 e. The molecule has 0 amide bonds. The molecule has 0 radical (unpaired) electrons. The van der Waals surface area contributed by atoms with Gasteiger partial charge >= 0.3 is 5.69 Å². The number of nitrogens with one attached hydrogen (secondary N) is 1. The molecule has 0 saturated heterocycles. The largest absolute Gasteiger partial charge is 0.360 e. The van der Waals surface area contributed by atoms with Crippen molar-refractivity contribution < 1.29 is 9.85 Å². The maximum atomic E-state index is 11.0. The first-order chi connectivity index (χ1) is 9.99. The molecule has 1 aromatic heterocycles. The van der Waals surface area contributed by atoms with Gasteiger partial charge in [-0.05, 0) is 27.6 Å². The number of benzene rings is 1. The number of aromatic nitrogens is 1. The SMILES string of the molecule is O=[N+]([O-])c1ccc(CNc2nccc(Br)c2[N+](=O)[O-])cc1. The van der Waals surface area contributed by atoms with Crippen molar-refractivity contribution in [3.05, 3.63) is 66.8 Å². The Morgan fingerprint density at radius 3 is 2.33 bits per heavy atom. The van der Waals surface area contributed by atoms with E-state index in [-0.39, 0.29) is 23.7 Å². The number of hydrogen-bond acceptors (Lipinski definition) is 6. The van der Waals surface area contributed by atoms with Crippen molar-refractivity contribution in [2.75, 3.05) is 5.32 Å². The van der Waals surface area contributed by atoms with Gasteiger partial charge in [0.1, 0.15) is 4.47 Å². The summed E-state index contributed by atoms with van der Waals surface area (Å²) in [7, 11) is 0. The molecular formula is C12H9BrN4O4. The summed E-state index contributed by atoms with van der Waals surface area (Å²) < 4.78 is 0.327. The van der Waals surface area contributed by atoms with Gasteiger partial charge in [-0.1, -0.05) is 12.1 Å². The topological polar surface area (TPSA) is 111 Å². The number of nitro groups is 2. The Kier molecular flexibility index (Phi) is 4.43. The minimum atomic E-state index is -0.532. The second-order valence-electron chi connectivity index (χ2n) is 4.02. The van der Waals surface area contributed by atoms with Gasteiger partial charge in [0.15, 0.2) is 0 Å². The Hall–Kier alpha value is -2.55. The van der Waals surface area contributed by atoms with E-state index in [9.17, 15) is 20.2 Å². The average Bonchev–Trinajstić information content (AvgIpc) is 2.45. The normalized spacial score (nSPS) is 10.1. The summed E-state index contributed by atoms with van der Waals surface area (Å²) in [4.78, 5) is 24.5.